The standard InChI is InChI=1S/C24H24FN5OS/c1-15-12-18(16(2)30(15)21-10-8-20(25)9-11-21)13-19(14-26)22(31)27-24-29-28-23(32-24)17-6-4-3-5-7-17/h8-13,17H,3-7H2,1-2H3,(H,27,29,31)/b19-13-. The van der Waals surface area contributed by atoms with Crippen LogP contribution in [0.2, 0.25) is 0 Å². The van der Waals surface area contributed by atoms with E-state index in [2.05, 4.69) is 15.5 Å². The minimum absolute atomic E-state index is 0.0150. The number of nitriles is 1. The highest BCUT2D eigenvalue weighted by Gasteiger charge is 2.21. The van der Waals surface area contributed by atoms with Crippen molar-refractivity contribution in [3.05, 3.63) is 63.7 Å². The molecule has 0 unspecified atom stereocenters. The zero-order chi connectivity index (χ0) is 22.7. The lowest BCUT2D eigenvalue weighted by Gasteiger charge is -2.18. The average Bonchev–Trinajstić information content (AvgIpc) is 3.37. The van der Waals surface area contributed by atoms with Crippen molar-refractivity contribution < 1.29 is 9.18 Å². The molecule has 164 valence electrons. The zero-order valence-corrected chi connectivity index (χ0v) is 18.9. The van der Waals surface area contributed by atoms with Crippen LogP contribution >= 0.6 is 11.3 Å². The summed E-state index contributed by atoms with van der Waals surface area (Å²) in [5, 5.41) is 22.0. The molecule has 0 bridgehead atoms. The smallest absolute Gasteiger partial charge is 0.268 e. The number of nitrogens with one attached hydrogen (secondary N) is 1. The number of rotatable bonds is 5. The summed E-state index contributed by atoms with van der Waals surface area (Å²) in [5.74, 6) is -0.400. The average molecular weight is 450 g/mol. The number of nitrogens with zero attached hydrogens (tertiary/aromatic N) is 4. The van der Waals surface area contributed by atoms with E-state index in [0.717, 1.165) is 40.5 Å². The fourth-order valence-corrected chi connectivity index (χ4v) is 5.10. The molecule has 1 aliphatic carbocycles. The summed E-state index contributed by atoms with van der Waals surface area (Å²) in [6, 6.07) is 10.1. The van der Waals surface area contributed by atoms with Gasteiger partial charge in [0.2, 0.25) is 5.13 Å². The minimum Gasteiger partial charge on any atom is -0.318 e. The first-order valence-electron chi connectivity index (χ1n) is 10.7. The van der Waals surface area contributed by atoms with Crippen molar-refractivity contribution in [2.45, 2.75) is 51.9 Å². The van der Waals surface area contributed by atoms with Crippen LogP contribution in [0.5, 0.6) is 0 Å². The monoisotopic (exact) mass is 449 g/mol. The Morgan fingerprint density at radius 2 is 1.94 bits per heavy atom. The largest absolute Gasteiger partial charge is 0.318 e. The SMILES string of the molecule is Cc1cc(/C=C(/C#N)C(=O)Nc2nnc(C3CCCCC3)s2)c(C)n1-c1ccc(F)cc1. The molecule has 2 aromatic heterocycles. The van der Waals surface area contributed by atoms with Gasteiger partial charge in [-0.3, -0.25) is 10.1 Å². The number of benzene rings is 1. The normalized spacial score (nSPS) is 14.9. The van der Waals surface area contributed by atoms with Crippen molar-refractivity contribution in [3.8, 4) is 11.8 Å². The van der Waals surface area contributed by atoms with E-state index in [9.17, 15) is 14.4 Å². The number of halogens is 1. The third-order valence-corrected chi connectivity index (χ3v) is 6.84. The lowest BCUT2D eigenvalue weighted by molar-refractivity contribution is -0.112. The first-order valence-corrected chi connectivity index (χ1v) is 11.5. The van der Waals surface area contributed by atoms with Crippen molar-refractivity contribution in [1.82, 2.24) is 14.8 Å². The Morgan fingerprint density at radius 3 is 2.62 bits per heavy atom. The molecule has 0 spiro atoms. The highest BCUT2D eigenvalue weighted by molar-refractivity contribution is 7.15. The van der Waals surface area contributed by atoms with E-state index in [0.29, 0.717) is 11.0 Å². The van der Waals surface area contributed by atoms with E-state index < -0.39 is 5.91 Å². The Hall–Kier alpha value is -3.31. The molecule has 1 saturated carbocycles. The molecule has 1 aliphatic rings. The molecular weight excluding hydrogens is 425 g/mol. The summed E-state index contributed by atoms with van der Waals surface area (Å²) in [7, 11) is 0. The maximum Gasteiger partial charge on any atom is 0.268 e. The van der Waals surface area contributed by atoms with E-state index in [1.54, 1.807) is 18.2 Å². The number of anilines is 1. The van der Waals surface area contributed by atoms with Gasteiger partial charge in [-0.25, -0.2) is 4.39 Å². The molecule has 1 N–H and O–H groups in total. The summed E-state index contributed by atoms with van der Waals surface area (Å²) >= 11 is 1.38. The van der Waals surface area contributed by atoms with Crippen LogP contribution in [0.3, 0.4) is 0 Å². The first-order chi connectivity index (χ1) is 15.5. The molecule has 1 fully saturated rings. The second kappa shape index (κ2) is 9.45. The van der Waals surface area contributed by atoms with E-state index in [1.165, 1.54) is 42.7 Å². The number of carbonyl (C=O) groups is 1. The molecule has 0 saturated heterocycles. The highest BCUT2D eigenvalue weighted by atomic mass is 32.1. The van der Waals surface area contributed by atoms with Crippen LogP contribution in [0.4, 0.5) is 9.52 Å². The van der Waals surface area contributed by atoms with Crippen molar-refractivity contribution in [3.63, 3.8) is 0 Å². The first kappa shape index (κ1) is 21.9. The van der Waals surface area contributed by atoms with E-state index >= 15 is 0 Å². The van der Waals surface area contributed by atoms with Crippen LogP contribution in [-0.4, -0.2) is 20.7 Å². The van der Waals surface area contributed by atoms with E-state index in [1.807, 2.05) is 30.6 Å². The third-order valence-electron chi connectivity index (χ3n) is 5.84. The van der Waals surface area contributed by atoms with Gasteiger partial charge < -0.3 is 4.57 Å². The predicted molar refractivity (Wildman–Crippen MR) is 123 cm³/mol. The Morgan fingerprint density at radius 1 is 1.22 bits per heavy atom. The maximum absolute atomic E-state index is 13.3. The van der Waals surface area contributed by atoms with Crippen LogP contribution in [0.1, 0.15) is 60.0 Å². The van der Waals surface area contributed by atoms with Crippen molar-refractivity contribution in [2.24, 2.45) is 0 Å². The number of aryl methyl sites for hydroxylation is 1. The minimum atomic E-state index is -0.509. The third kappa shape index (κ3) is 4.63. The van der Waals surface area contributed by atoms with E-state index in [-0.39, 0.29) is 11.4 Å². The van der Waals surface area contributed by atoms with Gasteiger partial charge in [0.05, 0.1) is 0 Å². The molecular formula is C24H24FN5OS. The molecule has 8 heteroatoms. The van der Waals surface area contributed by atoms with Crippen LogP contribution in [-0.2, 0) is 4.79 Å². The van der Waals surface area contributed by atoms with Gasteiger partial charge in [-0.2, -0.15) is 5.26 Å². The molecule has 3 aromatic rings. The van der Waals surface area contributed by atoms with Gasteiger partial charge in [0.15, 0.2) is 0 Å². The second-order valence-electron chi connectivity index (χ2n) is 8.04. The van der Waals surface area contributed by atoms with Gasteiger partial charge in [0.25, 0.3) is 5.91 Å². The van der Waals surface area contributed by atoms with Gasteiger partial charge in [-0.05, 0) is 68.7 Å². The molecule has 0 radical (unpaired) electrons. The summed E-state index contributed by atoms with van der Waals surface area (Å²) in [4.78, 5) is 12.7. The van der Waals surface area contributed by atoms with Gasteiger partial charge >= 0.3 is 0 Å². The quantitative estimate of drug-likeness (QED) is 0.401. The zero-order valence-electron chi connectivity index (χ0n) is 18.1. The molecule has 32 heavy (non-hydrogen) atoms. The van der Waals surface area contributed by atoms with Crippen LogP contribution in [0.25, 0.3) is 11.8 Å². The van der Waals surface area contributed by atoms with Crippen molar-refractivity contribution >= 4 is 28.5 Å². The molecule has 0 aliphatic heterocycles. The Labute approximate surface area is 190 Å². The maximum atomic E-state index is 13.3. The van der Waals surface area contributed by atoms with Gasteiger partial charge in [0.1, 0.15) is 22.5 Å². The summed E-state index contributed by atoms with van der Waals surface area (Å²) in [6.45, 7) is 3.82. The molecule has 0 atom stereocenters. The highest BCUT2D eigenvalue weighted by Crippen LogP contribution is 2.35. The lowest BCUT2D eigenvalue weighted by Crippen LogP contribution is -2.13. The molecule has 1 amide bonds. The summed E-state index contributed by atoms with van der Waals surface area (Å²) < 4.78 is 15.3. The van der Waals surface area contributed by atoms with Gasteiger partial charge in [0, 0.05) is 23.0 Å². The Bertz CT molecular complexity index is 1200. The summed E-state index contributed by atoms with van der Waals surface area (Å²) in [6.07, 6.45) is 7.44. The van der Waals surface area contributed by atoms with Crippen LogP contribution < -0.4 is 5.32 Å². The molecule has 6 nitrogen and oxygen atoms in total. The molecule has 4 rings (SSSR count). The van der Waals surface area contributed by atoms with Crippen LogP contribution in [0, 0.1) is 31.0 Å². The van der Waals surface area contributed by atoms with Crippen molar-refractivity contribution in [1.29, 1.82) is 5.26 Å². The Balaban J connectivity index is 1.54. The lowest BCUT2D eigenvalue weighted by atomic mass is 9.90. The second-order valence-corrected chi connectivity index (χ2v) is 9.05. The Kier molecular flexibility index (Phi) is 6.47. The fraction of sp³-hybridized carbons (Fsp3) is 0.333. The van der Waals surface area contributed by atoms with Crippen LogP contribution in [0.15, 0.2) is 35.9 Å². The number of amides is 1. The van der Waals surface area contributed by atoms with Gasteiger partial charge in [-0.15, -0.1) is 10.2 Å². The topological polar surface area (TPSA) is 83.6 Å². The fourth-order valence-electron chi connectivity index (χ4n) is 4.19. The number of aromatic nitrogens is 3. The number of hydrogen-bond acceptors (Lipinski definition) is 5. The van der Waals surface area contributed by atoms with E-state index in [4.69, 9.17) is 0 Å². The van der Waals surface area contributed by atoms with Gasteiger partial charge in [-0.1, -0.05) is 30.6 Å². The number of carbonyl (C=O) groups excluding carboxylic acids is 1. The summed E-state index contributed by atoms with van der Waals surface area (Å²) in [5.41, 5.74) is 3.31. The molecule has 2 heterocycles. The predicted octanol–water partition coefficient (Wildman–Crippen LogP) is 5.68. The number of hydrogen-bond donors (Lipinski definition) is 1. The molecule has 1 aromatic carbocycles. The van der Waals surface area contributed by atoms with Crippen molar-refractivity contribution in [2.75, 3.05) is 5.32 Å².